The first-order chi connectivity index (χ1) is 15.7. The molecule has 2 aromatic carbocycles. The number of anilines is 1. The van der Waals surface area contributed by atoms with Crippen molar-refractivity contribution in [3.63, 3.8) is 0 Å². The second-order valence-corrected chi connectivity index (χ2v) is 8.08. The lowest BCUT2D eigenvalue weighted by molar-refractivity contribution is -0.148. The Morgan fingerprint density at radius 2 is 1.88 bits per heavy atom. The number of carbonyl (C=O) groups is 3. The zero-order valence-corrected chi connectivity index (χ0v) is 18.0. The molecule has 0 radical (unpaired) electrons. The lowest BCUT2D eigenvalue weighted by Crippen LogP contribution is -2.39. The van der Waals surface area contributed by atoms with Crippen molar-refractivity contribution in [1.82, 2.24) is 9.96 Å². The number of rotatable bonds is 6. The molecule has 2 aromatic rings. The Morgan fingerprint density at radius 1 is 1.15 bits per heavy atom. The highest BCUT2D eigenvalue weighted by Gasteiger charge is 2.53. The Bertz CT molecular complexity index is 1200. The highest BCUT2D eigenvalue weighted by molar-refractivity contribution is 7.80. The molecule has 12 nitrogen and oxygen atoms in total. The number of ether oxygens (including phenoxy) is 2. The van der Waals surface area contributed by atoms with Crippen molar-refractivity contribution in [3.8, 4) is 5.75 Å². The summed E-state index contributed by atoms with van der Waals surface area (Å²) in [4.78, 5) is 39.1. The average molecular weight is 477 g/mol. The summed E-state index contributed by atoms with van der Waals surface area (Å²) in [6.07, 6.45) is -0.851. The molecule has 2 N–H and O–H groups in total. The van der Waals surface area contributed by atoms with E-state index in [0.717, 1.165) is 4.90 Å². The minimum atomic E-state index is -5.06. The molecule has 0 saturated carbocycles. The van der Waals surface area contributed by atoms with Gasteiger partial charge in [0.25, 0.3) is 0 Å². The monoisotopic (exact) mass is 477 g/mol. The van der Waals surface area contributed by atoms with E-state index in [1.165, 1.54) is 18.2 Å². The predicted molar refractivity (Wildman–Crippen MR) is 111 cm³/mol. The molecule has 33 heavy (non-hydrogen) atoms. The third-order valence-electron chi connectivity index (χ3n) is 5.03. The summed E-state index contributed by atoms with van der Waals surface area (Å²) in [5.41, 5.74) is 0.907. The molecule has 1 fully saturated rings. The summed E-state index contributed by atoms with van der Waals surface area (Å²) in [5, 5.41) is 2.97. The van der Waals surface area contributed by atoms with Crippen LogP contribution in [0.15, 0.2) is 48.5 Å². The van der Waals surface area contributed by atoms with E-state index in [1.54, 1.807) is 37.3 Å². The largest absolute Gasteiger partial charge is 0.464 e. The molecule has 0 aliphatic carbocycles. The van der Waals surface area contributed by atoms with E-state index in [4.69, 9.17) is 14.0 Å². The Kier molecular flexibility index (Phi) is 5.93. The Morgan fingerprint density at radius 3 is 2.55 bits per heavy atom. The van der Waals surface area contributed by atoms with Crippen molar-refractivity contribution in [2.75, 3.05) is 18.5 Å². The third kappa shape index (κ3) is 4.46. The van der Waals surface area contributed by atoms with Crippen LogP contribution in [0.4, 0.5) is 15.3 Å². The zero-order valence-electron chi connectivity index (χ0n) is 17.2. The molecule has 0 aromatic heterocycles. The minimum Gasteiger partial charge on any atom is -0.464 e. The third-order valence-corrected chi connectivity index (χ3v) is 5.38. The lowest BCUT2D eigenvalue weighted by Gasteiger charge is -2.32. The maximum absolute atomic E-state index is 12.9. The van der Waals surface area contributed by atoms with Gasteiger partial charge in [0.2, 0.25) is 0 Å². The number of amides is 3. The van der Waals surface area contributed by atoms with Crippen LogP contribution >= 0.6 is 0 Å². The van der Waals surface area contributed by atoms with E-state index in [-0.39, 0.29) is 30.0 Å². The molecule has 174 valence electrons. The van der Waals surface area contributed by atoms with Gasteiger partial charge >= 0.3 is 28.5 Å². The lowest BCUT2D eigenvalue weighted by atomic mass is 9.90. The quantitative estimate of drug-likeness (QED) is 0.472. The first-order valence-corrected chi connectivity index (χ1v) is 11.2. The van der Waals surface area contributed by atoms with Crippen molar-refractivity contribution < 1.29 is 41.1 Å². The molecule has 2 aliphatic heterocycles. The fraction of sp³-hybridized carbons (Fsp3) is 0.250. The van der Waals surface area contributed by atoms with Gasteiger partial charge < -0.3 is 14.4 Å². The van der Waals surface area contributed by atoms with Crippen LogP contribution in [0.5, 0.6) is 5.75 Å². The van der Waals surface area contributed by atoms with Crippen LogP contribution in [-0.2, 0) is 24.2 Å². The molecule has 0 spiro atoms. The maximum Gasteiger partial charge on any atom is 0.418 e. The number of nitrogens with zero attached hydrogens (tertiary/aromatic N) is 2. The van der Waals surface area contributed by atoms with Crippen molar-refractivity contribution in [1.29, 1.82) is 0 Å². The SMILES string of the molecule is CCOC(=O)C1c2cccc(OC(=O)Nc3ccccc3)c2C2CN1C(=O)N2OS(=O)(=O)O. The van der Waals surface area contributed by atoms with Gasteiger partial charge in [-0.1, -0.05) is 30.3 Å². The molecule has 1 saturated heterocycles. The molecule has 2 heterocycles. The molecule has 2 aliphatic rings. The Balaban J connectivity index is 1.74. The van der Waals surface area contributed by atoms with Gasteiger partial charge in [0, 0.05) is 11.3 Å². The van der Waals surface area contributed by atoms with E-state index >= 15 is 0 Å². The first kappa shape index (κ1) is 22.5. The highest BCUT2D eigenvalue weighted by Crippen LogP contribution is 2.48. The molecular formula is C20H19N3O9S. The van der Waals surface area contributed by atoms with E-state index in [1.807, 2.05) is 0 Å². The van der Waals surface area contributed by atoms with E-state index < -0.39 is 40.6 Å². The number of esters is 1. The normalized spacial score (nSPS) is 19.2. The fourth-order valence-corrected chi connectivity index (χ4v) is 4.23. The molecule has 2 atom stereocenters. The van der Waals surface area contributed by atoms with Crippen LogP contribution in [0.25, 0.3) is 0 Å². The van der Waals surface area contributed by atoms with Gasteiger partial charge in [-0.25, -0.2) is 14.4 Å². The van der Waals surface area contributed by atoms with Gasteiger partial charge in [-0.05, 0) is 30.7 Å². The van der Waals surface area contributed by atoms with Gasteiger partial charge in [0.05, 0.1) is 13.2 Å². The second-order valence-electron chi connectivity index (χ2n) is 7.07. The van der Waals surface area contributed by atoms with Crippen molar-refractivity contribution >= 4 is 34.2 Å². The van der Waals surface area contributed by atoms with Crippen LogP contribution in [0, 0.1) is 0 Å². The van der Waals surface area contributed by atoms with Crippen molar-refractivity contribution in [2.24, 2.45) is 0 Å². The van der Waals surface area contributed by atoms with Crippen LogP contribution in [0.2, 0.25) is 0 Å². The van der Waals surface area contributed by atoms with Gasteiger partial charge in [-0.15, -0.1) is 4.28 Å². The predicted octanol–water partition coefficient (Wildman–Crippen LogP) is 2.43. The van der Waals surface area contributed by atoms with Gasteiger partial charge in [0.15, 0.2) is 6.04 Å². The highest BCUT2D eigenvalue weighted by atomic mass is 32.3. The number of urea groups is 1. The average Bonchev–Trinajstić information content (AvgIpc) is 3.00. The molecule has 2 unspecified atom stereocenters. The standard InChI is InChI=1S/C20H19N3O9S/c1-2-30-18(24)17-13-9-6-10-15(31-19(25)21-12-7-4-3-5-8-12)16(13)14-11-22(17)20(26)23(14)32-33(27,28)29/h3-10,14,17H,2,11H2,1H3,(H,21,25)(H,27,28,29). The number of hydroxylamine groups is 2. The summed E-state index contributed by atoms with van der Waals surface area (Å²) in [6, 6.07) is 9.65. The number of benzene rings is 2. The van der Waals surface area contributed by atoms with Crippen LogP contribution in [0.3, 0.4) is 0 Å². The minimum absolute atomic E-state index is 0.0292. The molecule has 2 bridgehead atoms. The van der Waals surface area contributed by atoms with Crippen molar-refractivity contribution in [2.45, 2.75) is 19.0 Å². The molecular weight excluding hydrogens is 458 g/mol. The number of para-hydroxylation sites is 1. The van der Waals surface area contributed by atoms with E-state index in [0.29, 0.717) is 10.8 Å². The molecule has 4 rings (SSSR count). The first-order valence-electron chi connectivity index (χ1n) is 9.79. The number of nitrogens with one attached hydrogen (secondary N) is 1. The summed E-state index contributed by atoms with van der Waals surface area (Å²) >= 11 is 0. The fourth-order valence-electron chi connectivity index (χ4n) is 3.86. The number of hydrogen-bond acceptors (Lipinski definition) is 8. The van der Waals surface area contributed by atoms with Gasteiger partial charge in [0.1, 0.15) is 11.8 Å². The Hall–Kier alpha value is -3.68. The van der Waals surface area contributed by atoms with Crippen LogP contribution in [0.1, 0.15) is 30.1 Å². The molecule has 3 amide bonds. The van der Waals surface area contributed by atoms with Gasteiger partial charge in [-0.2, -0.15) is 13.5 Å². The smallest absolute Gasteiger partial charge is 0.418 e. The number of hydrogen-bond donors (Lipinski definition) is 2. The molecule has 13 heteroatoms. The second kappa shape index (κ2) is 8.69. The number of carbonyl (C=O) groups excluding carboxylic acids is 3. The van der Waals surface area contributed by atoms with E-state index in [2.05, 4.69) is 9.60 Å². The van der Waals surface area contributed by atoms with Crippen LogP contribution in [-0.4, -0.2) is 54.2 Å². The van der Waals surface area contributed by atoms with Crippen molar-refractivity contribution in [3.05, 3.63) is 59.7 Å². The summed E-state index contributed by atoms with van der Waals surface area (Å²) in [5.74, 6) is -0.788. The summed E-state index contributed by atoms with van der Waals surface area (Å²) < 4.78 is 46.9. The maximum atomic E-state index is 12.9. The van der Waals surface area contributed by atoms with E-state index in [9.17, 15) is 22.8 Å². The van der Waals surface area contributed by atoms with Gasteiger partial charge in [-0.3, -0.25) is 9.87 Å². The summed E-state index contributed by atoms with van der Waals surface area (Å²) in [7, 11) is -5.06. The Labute approximate surface area is 188 Å². The summed E-state index contributed by atoms with van der Waals surface area (Å²) in [6.45, 7) is 1.46. The number of fused-ring (bicyclic) bond motifs is 4. The van der Waals surface area contributed by atoms with Crippen LogP contribution < -0.4 is 10.1 Å². The topological polar surface area (TPSA) is 152 Å². The zero-order chi connectivity index (χ0) is 23.8.